The van der Waals surface area contributed by atoms with E-state index in [0.29, 0.717) is 37.3 Å². The summed E-state index contributed by atoms with van der Waals surface area (Å²) >= 11 is 10.5. The molecule has 4 rings (SSSR count). The maximum Gasteiger partial charge on any atom is 0.291 e. The number of ether oxygens (including phenoxy) is 1. The third-order valence-corrected chi connectivity index (χ3v) is 5.74. The van der Waals surface area contributed by atoms with Crippen molar-refractivity contribution < 1.29 is 9.53 Å². The highest BCUT2D eigenvalue weighted by atomic mass is 79.9. The van der Waals surface area contributed by atoms with Crippen LogP contribution in [0.2, 0.25) is 5.02 Å². The minimum Gasteiger partial charge on any atom is -0.483 e. The average molecular weight is 506 g/mol. The van der Waals surface area contributed by atoms with Crippen LogP contribution in [0.3, 0.4) is 0 Å². The summed E-state index contributed by atoms with van der Waals surface area (Å²) in [5.74, 6) is 0.701. The molecule has 7 nitrogen and oxygen atoms in total. The normalized spacial score (nSPS) is 11.8. The van der Waals surface area contributed by atoms with Crippen LogP contribution in [0.4, 0.5) is 5.69 Å². The number of amides is 1. The zero-order chi connectivity index (χ0) is 21.3. The first-order chi connectivity index (χ1) is 14.4. The highest BCUT2D eigenvalue weighted by Crippen LogP contribution is 2.24. The Kier molecular flexibility index (Phi) is 5.85. The second-order valence-corrected chi connectivity index (χ2v) is 8.66. The SMILES string of the molecule is Cc1nc2s/c(=C\c3cc(Br)ccc3OCC(=O)Nc3ccc(Cl)cc3)c(=O)n2n1. The lowest BCUT2D eigenvalue weighted by molar-refractivity contribution is -0.118. The maximum atomic E-state index is 12.5. The lowest BCUT2D eigenvalue weighted by atomic mass is 10.2. The third kappa shape index (κ3) is 4.53. The quantitative estimate of drug-likeness (QED) is 0.449. The van der Waals surface area contributed by atoms with Crippen molar-refractivity contribution in [1.29, 1.82) is 0 Å². The van der Waals surface area contributed by atoms with Crippen molar-refractivity contribution in [3.8, 4) is 5.75 Å². The van der Waals surface area contributed by atoms with Crippen molar-refractivity contribution in [2.45, 2.75) is 6.92 Å². The van der Waals surface area contributed by atoms with Crippen molar-refractivity contribution in [3.05, 3.63) is 78.2 Å². The molecular weight excluding hydrogens is 492 g/mol. The predicted molar refractivity (Wildman–Crippen MR) is 120 cm³/mol. The van der Waals surface area contributed by atoms with Gasteiger partial charge in [0.05, 0.1) is 4.53 Å². The summed E-state index contributed by atoms with van der Waals surface area (Å²) in [4.78, 5) is 29.5. The van der Waals surface area contributed by atoms with Crippen LogP contribution in [0, 0.1) is 6.92 Å². The first kappa shape index (κ1) is 20.5. The summed E-state index contributed by atoms with van der Waals surface area (Å²) in [6.07, 6.45) is 1.70. The van der Waals surface area contributed by atoms with E-state index >= 15 is 0 Å². The number of aryl methyl sites for hydroxylation is 1. The van der Waals surface area contributed by atoms with Crippen molar-refractivity contribution in [2.75, 3.05) is 11.9 Å². The number of aromatic nitrogens is 3. The molecule has 0 atom stereocenters. The molecule has 2 aromatic carbocycles. The monoisotopic (exact) mass is 504 g/mol. The number of hydrogen-bond acceptors (Lipinski definition) is 6. The molecule has 2 heterocycles. The van der Waals surface area contributed by atoms with E-state index in [9.17, 15) is 9.59 Å². The first-order valence-electron chi connectivity index (χ1n) is 8.75. The molecule has 152 valence electrons. The Balaban J connectivity index is 1.56. The van der Waals surface area contributed by atoms with Gasteiger partial charge in [-0.1, -0.05) is 38.9 Å². The van der Waals surface area contributed by atoms with Crippen LogP contribution in [0.5, 0.6) is 5.75 Å². The van der Waals surface area contributed by atoms with Crippen molar-refractivity contribution >= 4 is 61.5 Å². The number of carbonyl (C=O) groups excluding carboxylic acids is 1. The lowest BCUT2D eigenvalue weighted by Crippen LogP contribution is -2.24. The molecule has 1 amide bonds. The van der Waals surface area contributed by atoms with E-state index in [1.54, 1.807) is 49.4 Å². The van der Waals surface area contributed by atoms with Gasteiger partial charge < -0.3 is 10.1 Å². The van der Waals surface area contributed by atoms with Crippen LogP contribution in [-0.4, -0.2) is 27.1 Å². The number of nitrogens with one attached hydrogen (secondary N) is 1. The second-order valence-electron chi connectivity index (χ2n) is 6.30. The van der Waals surface area contributed by atoms with Crippen molar-refractivity contribution in [1.82, 2.24) is 14.6 Å². The molecule has 0 saturated heterocycles. The van der Waals surface area contributed by atoms with Gasteiger partial charge >= 0.3 is 0 Å². The molecule has 2 aromatic heterocycles. The Morgan fingerprint density at radius 1 is 1.30 bits per heavy atom. The van der Waals surface area contributed by atoms with Gasteiger partial charge in [-0.15, -0.1) is 5.10 Å². The first-order valence-corrected chi connectivity index (χ1v) is 10.7. The highest BCUT2D eigenvalue weighted by Gasteiger charge is 2.11. The van der Waals surface area contributed by atoms with E-state index in [0.717, 1.165) is 4.47 Å². The maximum absolute atomic E-state index is 12.5. The Bertz CT molecular complexity index is 1350. The van der Waals surface area contributed by atoms with Crippen LogP contribution < -0.4 is 20.1 Å². The molecular formula is C20H14BrClN4O3S. The van der Waals surface area contributed by atoms with E-state index in [2.05, 4.69) is 31.3 Å². The van der Waals surface area contributed by atoms with E-state index in [1.807, 2.05) is 6.07 Å². The topological polar surface area (TPSA) is 85.6 Å². The molecule has 0 bridgehead atoms. The van der Waals surface area contributed by atoms with Crippen LogP contribution in [0.1, 0.15) is 11.4 Å². The molecule has 10 heteroatoms. The predicted octanol–water partition coefficient (Wildman–Crippen LogP) is 3.44. The van der Waals surface area contributed by atoms with Crippen LogP contribution in [-0.2, 0) is 4.79 Å². The van der Waals surface area contributed by atoms with Gasteiger partial charge in [-0.25, -0.2) is 4.98 Å². The molecule has 0 unspecified atom stereocenters. The number of fused-ring (bicyclic) bond motifs is 1. The Morgan fingerprint density at radius 3 is 2.80 bits per heavy atom. The molecule has 0 radical (unpaired) electrons. The fraction of sp³-hybridized carbons (Fsp3) is 0.100. The molecule has 1 N–H and O–H groups in total. The Morgan fingerprint density at radius 2 is 2.07 bits per heavy atom. The second kappa shape index (κ2) is 8.55. The smallest absolute Gasteiger partial charge is 0.291 e. The minimum atomic E-state index is -0.315. The van der Waals surface area contributed by atoms with Crippen LogP contribution >= 0.6 is 38.9 Å². The molecule has 0 aliphatic carbocycles. The number of nitrogens with zero attached hydrogens (tertiary/aromatic N) is 3. The summed E-state index contributed by atoms with van der Waals surface area (Å²) in [6, 6.07) is 12.1. The zero-order valence-electron chi connectivity index (χ0n) is 15.6. The molecule has 0 spiro atoms. The zero-order valence-corrected chi connectivity index (χ0v) is 18.7. The number of hydrogen-bond donors (Lipinski definition) is 1. The summed E-state index contributed by atoms with van der Waals surface area (Å²) in [5, 5.41) is 7.43. The van der Waals surface area contributed by atoms with E-state index in [1.165, 1.54) is 15.9 Å². The van der Waals surface area contributed by atoms with Crippen molar-refractivity contribution in [3.63, 3.8) is 0 Å². The van der Waals surface area contributed by atoms with E-state index in [4.69, 9.17) is 16.3 Å². The number of thiazole rings is 1. The van der Waals surface area contributed by atoms with E-state index < -0.39 is 0 Å². The minimum absolute atomic E-state index is 0.191. The van der Waals surface area contributed by atoms with Gasteiger partial charge in [0.25, 0.3) is 11.5 Å². The van der Waals surface area contributed by atoms with Gasteiger partial charge in [-0.05, 0) is 55.5 Å². The molecule has 4 aromatic rings. The summed E-state index contributed by atoms with van der Waals surface area (Å²) in [6.45, 7) is 1.54. The molecule has 30 heavy (non-hydrogen) atoms. The summed E-state index contributed by atoms with van der Waals surface area (Å²) in [5.41, 5.74) is 1.03. The Hall–Kier alpha value is -2.75. The number of anilines is 1. The van der Waals surface area contributed by atoms with Gasteiger partial charge in [0.2, 0.25) is 4.96 Å². The average Bonchev–Trinajstić information content (AvgIpc) is 3.20. The standard InChI is InChI=1S/C20H14BrClN4O3S/c1-11-23-20-26(25-11)19(28)17(30-20)9-12-8-13(21)2-7-16(12)29-10-18(27)24-15-5-3-14(22)4-6-15/h2-9H,10H2,1H3,(H,24,27)/b17-9-. The van der Waals surface area contributed by atoms with Crippen LogP contribution in [0.15, 0.2) is 51.7 Å². The van der Waals surface area contributed by atoms with Crippen molar-refractivity contribution in [2.24, 2.45) is 0 Å². The lowest BCUT2D eigenvalue weighted by Gasteiger charge is -2.10. The Labute approximate surface area is 188 Å². The summed E-state index contributed by atoms with van der Waals surface area (Å²) < 4.78 is 8.28. The molecule has 0 fully saturated rings. The van der Waals surface area contributed by atoms with Crippen LogP contribution in [0.25, 0.3) is 11.0 Å². The molecule has 0 saturated carbocycles. The largest absolute Gasteiger partial charge is 0.483 e. The fourth-order valence-corrected chi connectivity index (χ4v) is 4.16. The van der Waals surface area contributed by atoms with Gasteiger partial charge in [-0.2, -0.15) is 4.52 Å². The highest BCUT2D eigenvalue weighted by molar-refractivity contribution is 9.10. The van der Waals surface area contributed by atoms with E-state index in [-0.39, 0.29) is 18.1 Å². The molecule has 0 aliphatic heterocycles. The fourth-order valence-electron chi connectivity index (χ4n) is 2.71. The number of rotatable bonds is 5. The third-order valence-electron chi connectivity index (χ3n) is 4.03. The number of benzene rings is 2. The number of halogens is 2. The number of carbonyl (C=O) groups is 1. The summed E-state index contributed by atoms with van der Waals surface area (Å²) in [7, 11) is 0. The molecule has 0 aliphatic rings. The van der Waals surface area contributed by atoms with Gasteiger partial charge in [0.15, 0.2) is 6.61 Å². The van der Waals surface area contributed by atoms with Gasteiger partial charge in [0.1, 0.15) is 11.6 Å². The van der Waals surface area contributed by atoms with Gasteiger partial charge in [-0.3, -0.25) is 9.59 Å². The van der Waals surface area contributed by atoms with Gasteiger partial charge in [0, 0.05) is 20.7 Å².